The van der Waals surface area contributed by atoms with Crippen LogP contribution in [0.15, 0.2) is 0 Å². The van der Waals surface area contributed by atoms with Crippen LogP contribution in [0.1, 0.15) is 66.2 Å². The predicted octanol–water partition coefficient (Wildman–Crippen LogP) is 3.40. The van der Waals surface area contributed by atoms with E-state index in [9.17, 15) is 8.42 Å². The maximum atomic E-state index is 12.3. The van der Waals surface area contributed by atoms with Gasteiger partial charge in [-0.25, -0.2) is 8.42 Å². The van der Waals surface area contributed by atoms with Crippen LogP contribution in [0.3, 0.4) is 0 Å². The monoisotopic (exact) mass is 303 g/mol. The number of hydrogen-bond donors (Lipinski definition) is 1. The molecule has 0 bridgehead atoms. The summed E-state index contributed by atoms with van der Waals surface area (Å²) in [6.45, 7) is 9.62. The van der Waals surface area contributed by atoms with E-state index in [-0.39, 0.29) is 0 Å². The van der Waals surface area contributed by atoms with Crippen LogP contribution in [0.2, 0.25) is 0 Å². The summed E-state index contributed by atoms with van der Waals surface area (Å²) in [7, 11) is -2.97. The second kappa shape index (κ2) is 7.79. The van der Waals surface area contributed by atoms with E-state index in [0.29, 0.717) is 17.6 Å². The largest absolute Gasteiger partial charge is 0.317 e. The Balaban J connectivity index is 2.61. The summed E-state index contributed by atoms with van der Waals surface area (Å²) < 4.78 is 24.0. The van der Waals surface area contributed by atoms with E-state index in [0.717, 1.165) is 19.5 Å². The summed E-state index contributed by atoms with van der Waals surface area (Å²) in [6, 6.07) is 0. The van der Waals surface area contributed by atoms with Gasteiger partial charge in [-0.05, 0) is 58.5 Å². The molecule has 0 heterocycles. The molecule has 20 heavy (non-hydrogen) atoms. The maximum absolute atomic E-state index is 12.3. The van der Waals surface area contributed by atoms with Crippen molar-refractivity contribution < 1.29 is 8.42 Å². The lowest BCUT2D eigenvalue weighted by molar-refractivity contribution is 0.294. The number of hydrogen-bond acceptors (Lipinski definition) is 3. The molecule has 2 atom stereocenters. The number of rotatable bonds is 6. The SMILES string of the molecule is CCNCC1CCCCCC1CCS(=O)(=O)C(C)(C)C. The molecule has 0 aromatic carbocycles. The van der Waals surface area contributed by atoms with Crippen molar-refractivity contribution in [3.05, 3.63) is 0 Å². The van der Waals surface area contributed by atoms with Crippen LogP contribution in [0.5, 0.6) is 0 Å². The summed E-state index contributed by atoms with van der Waals surface area (Å²) in [6.07, 6.45) is 7.19. The van der Waals surface area contributed by atoms with Gasteiger partial charge in [-0.1, -0.05) is 32.6 Å². The third kappa shape index (κ3) is 5.36. The van der Waals surface area contributed by atoms with Gasteiger partial charge < -0.3 is 5.32 Å². The molecule has 0 radical (unpaired) electrons. The minimum absolute atomic E-state index is 0.351. The highest BCUT2D eigenvalue weighted by Gasteiger charge is 2.31. The average molecular weight is 304 g/mol. The van der Waals surface area contributed by atoms with Gasteiger partial charge in [0.15, 0.2) is 9.84 Å². The molecule has 3 nitrogen and oxygen atoms in total. The number of sulfone groups is 1. The van der Waals surface area contributed by atoms with E-state index in [2.05, 4.69) is 12.2 Å². The zero-order chi connectivity index (χ0) is 15.2. The van der Waals surface area contributed by atoms with Gasteiger partial charge in [0.05, 0.1) is 10.5 Å². The topological polar surface area (TPSA) is 46.2 Å². The third-order valence-electron chi connectivity index (χ3n) is 4.66. The molecule has 1 aliphatic rings. The quantitative estimate of drug-likeness (QED) is 0.765. The summed E-state index contributed by atoms with van der Waals surface area (Å²) in [4.78, 5) is 0. The summed E-state index contributed by atoms with van der Waals surface area (Å²) in [5.41, 5.74) is 0. The van der Waals surface area contributed by atoms with Crippen molar-refractivity contribution in [1.82, 2.24) is 5.32 Å². The lowest BCUT2D eigenvalue weighted by atomic mass is 9.86. The highest BCUT2D eigenvalue weighted by molar-refractivity contribution is 7.92. The second-order valence-corrected chi connectivity index (χ2v) is 10.0. The Morgan fingerprint density at radius 3 is 2.20 bits per heavy atom. The van der Waals surface area contributed by atoms with Crippen LogP contribution in [0.25, 0.3) is 0 Å². The van der Waals surface area contributed by atoms with Gasteiger partial charge in [-0.15, -0.1) is 0 Å². The Labute approximate surface area is 125 Å². The molecule has 0 aromatic rings. The molecule has 0 saturated heterocycles. The molecule has 0 spiro atoms. The first-order chi connectivity index (χ1) is 9.28. The van der Waals surface area contributed by atoms with Crippen molar-refractivity contribution in [2.24, 2.45) is 11.8 Å². The molecular weight excluding hydrogens is 270 g/mol. The van der Waals surface area contributed by atoms with Crippen molar-refractivity contribution in [2.75, 3.05) is 18.8 Å². The van der Waals surface area contributed by atoms with E-state index in [1.54, 1.807) is 0 Å². The average Bonchev–Trinajstić information content (AvgIpc) is 2.57. The Kier molecular flexibility index (Phi) is 6.99. The van der Waals surface area contributed by atoms with Gasteiger partial charge in [0, 0.05) is 0 Å². The summed E-state index contributed by atoms with van der Waals surface area (Å²) in [5.74, 6) is 1.59. The first kappa shape index (κ1) is 18.0. The van der Waals surface area contributed by atoms with E-state index >= 15 is 0 Å². The molecule has 1 rings (SSSR count). The molecular formula is C16H33NO2S. The van der Waals surface area contributed by atoms with E-state index in [4.69, 9.17) is 0 Å². The molecule has 120 valence electrons. The lowest BCUT2D eigenvalue weighted by Gasteiger charge is -2.27. The van der Waals surface area contributed by atoms with Gasteiger partial charge in [0.2, 0.25) is 0 Å². The van der Waals surface area contributed by atoms with Crippen molar-refractivity contribution in [2.45, 2.75) is 71.0 Å². The van der Waals surface area contributed by atoms with Crippen LogP contribution >= 0.6 is 0 Å². The van der Waals surface area contributed by atoms with Crippen molar-refractivity contribution in [3.63, 3.8) is 0 Å². The first-order valence-corrected chi connectivity index (χ1v) is 9.86. The van der Waals surface area contributed by atoms with Crippen LogP contribution in [0, 0.1) is 11.8 Å². The highest BCUT2D eigenvalue weighted by Crippen LogP contribution is 2.32. The molecule has 2 unspecified atom stereocenters. The second-order valence-electron chi connectivity index (χ2n) is 7.19. The molecule has 0 aromatic heterocycles. The molecule has 1 N–H and O–H groups in total. The Bertz CT molecular complexity index is 370. The fourth-order valence-electron chi connectivity index (χ4n) is 3.05. The molecule has 0 amide bonds. The van der Waals surface area contributed by atoms with Gasteiger partial charge in [0.1, 0.15) is 0 Å². The van der Waals surface area contributed by atoms with Crippen molar-refractivity contribution in [3.8, 4) is 0 Å². The van der Waals surface area contributed by atoms with Gasteiger partial charge >= 0.3 is 0 Å². The highest BCUT2D eigenvalue weighted by atomic mass is 32.2. The minimum Gasteiger partial charge on any atom is -0.317 e. The van der Waals surface area contributed by atoms with Crippen LogP contribution < -0.4 is 5.32 Å². The standard InChI is InChI=1S/C16H33NO2S/c1-5-17-13-15-10-8-6-7-9-14(15)11-12-20(18,19)16(2,3)4/h14-15,17H,5-13H2,1-4H3. The van der Waals surface area contributed by atoms with E-state index < -0.39 is 14.6 Å². The molecule has 1 saturated carbocycles. The molecule has 1 aliphatic carbocycles. The van der Waals surface area contributed by atoms with Crippen LogP contribution in [-0.4, -0.2) is 32.0 Å². The normalized spacial score (nSPS) is 25.4. The smallest absolute Gasteiger partial charge is 0.155 e. The fraction of sp³-hybridized carbons (Fsp3) is 1.00. The molecule has 0 aliphatic heterocycles. The Morgan fingerprint density at radius 1 is 1.05 bits per heavy atom. The van der Waals surface area contributed by atoms with Crippen LogP contribution in [-0.2, 0) is 9.84 Å². The first-order valence-electron chi connectivity index (χ1n) is 8.21. The zero-order valence-corrected chi connectivity index (χ0v) is 14.6. The van der Waals surface area contributed by atoms with Gasteiger partial charge in [0.25, 0.3) is 0 Å². The Hall–Kier alpha value is -0.0900. The summed E-state index contributed by atoms with van der Waals surface area (Å²) in [5, 5.41) is 3.45. The maximum Gasteiger partial charge on any atom is 0.155 e. The van der Waals surface area contributed by atoms with Gasteiger partial charge in [-0.3, -0.25) is 0 Å². The third-order valence-corrected chi connectivity index (χ3v) is 7.30. The lowest BCUT2D eigenvalue weighted by Crippen LogP contribution is -2.33. The van der Waals surface area contributed by atoms with Gasteiger partial charge in [-0.2, -0.15) is 0 Å². The van der Waals surface area contributed by atoms with E-state index in [1.807, 2.05) is 20.8 Å². The fourth-order valence-corrected chi connectivity index (χ4v) is 4.28. The van der Waals surface area contributed by atoms with Crippen molar-refractivity contribution in [1.29, 1.82) is 0 Å². The molecule has 1 fully saturated rings. The van der Waals surface area contributed by atoms with Crippen LogP contribution in [0.4, 0.5) is 0 Å². The zero-order valence-electron chi connectivity index (χ0n) is 13.7. The minimum atomic E-state index is -2.97. The number of nitrogens with one attached hydrogen (secondary N) is 1. The van der Waals surface area contributed by atoms with Crippen molar-refractivity contribution >= 4 is 9.84 Å². The predicted molar refractivity (Wildman–Crippen MR) is 86.8 cm³/mol. The van der Waals surface area contributed by atoms with E-state index in [1.165, 1.54) is 32.1 Å². The summed E-state index contributed by atoms with van der Waals surface area (Å²) >= 11 is 0. The molecule has 4 heteroatoms. The Morgan fingerprint density at radius 2 is 1.65 bits per heavy atom.